The number of amides is 1. The molecule has 0 aliphatic rings. The number of carbonyl (C=O) groups is 1. The molecule has 1 heterocycles. The number of rotatable bonds is 2. The van der Waals surface area contributed by atoms with Gasteiger partial charge in [0.05, 0.1) is 5.02 Å². The molecular formula is C13H12ClNO2S. The van der Waals surface area contributed by atoms with Crippen molar-refractivity contribution in [1.82, 2.24) is 0 Å². The number of nitrogens with zero attached hydrogens (tertiary/aromatic N) is 1. The molecule has 0 saturated carbocycles. The van der Waals surface area contributed by atoms with Crippen LogP contribution in [0.1, 0.15) is 15.2 Å². The van der Waals surface area contributed by atoms with Gasteiger partial charge in [-0.1, -0.05) is 11.6 Å². The van der Waals surface area contributed by atoms with Crippen LogP contribution in [0.4, 0.5) is 5.69 Å². The number of aryl methyl sites for hydroxylation is 1. The molecule has 94 valence electrons. The highest BCUT2D eigenvalue weighted by atomic mass is 35.5. The number of anilines is 1. The van der Waals surface area contributed by atoms with Crippen molar-refractivity contribution in [2.75, 3.05) is 11.9 Å². The predicted molar refractivity (Wildman–Crippen MR) is 74.9 cm³/mol. The summed E-state index contributed by atoms with van der Waals surface area (Å²) in [7, 11) is 1.68. The number of phenols is 1. The Hall–Kier alpha value is -1.52. The van der Waals surface area contributed by atoms with Crippen molar-refractivity contribution < 1.29 is 9.90 Å². The third kappa shape index (κ3) is 2.35. The van der Waals surface area contributed by atoms with Gasteiger partial charge in [0, 0.05) is 12.7 Å². The average molecular weight is 282 g/mol. The first-order chi connectivity index (χ1) is 8.50. The number of halogens is 1. The Kier molecular flexibility index (Phi) is 3.59. The highest BCUT2D eigenvalue weighted by molar-refractivity contribution is 7.13. The fourth-order valence-electron chi connectivity index (χ4n) is 1.52. The second-order valence-corrected chi connectivity index (χ2v) is 5.20. The van der Waals surface area contributed by atoms with Crippen molar-refractivity contribution in [3.63, 3.8) is 0 Å². The van der Waals surface area contributed by atoms with Crippen molar-refractivity contribution in [2.24, 2.45) is 0 Å². The molecule has 1 amide bonds. The van der Waals surface area contributed by atoms with E-state index in [9.17, 15) is 9.90 Å². The molecule has 5 heteroatoms. The van der Waals surface area contributed by atoms with Gasteiger partial charge in [-0.05, 0) is 42.1 Å². The quantitative estimate of drug-likeness (QED) is 0.912. The lowest BCUT2D eigenvalue weighted by atomic mass is 10.2. The molecule has 1 N–H and O–H groups in total. The maximum Gasteiger partial charge on any atom is 0.269 e. The van der Waals surface area contributed by atoms with Crippen molar-refractivity contribution in [2.45, 2.75) is 6.92 Å². The lowest BCUT2D eigenvalue weighted by Crippen LogP contribution is -2.25. The van der Waals surface area contributed by atoms with E-state index in [2.05, 4.69) is 0 Å². The third-order valence-electron chi connectivity index (χ3n) is 2.64. The minimum absolute atomic E-state index is 0.149. The number of phenolic OH excluding ortho intramolecular Hbond substituents is 1. The Morgan fingerprint density at radius 2 is 1.94 bits per heavy atom. The highest BCUT2D eigenvalue weighted by Gasteiger charge is 2.19. The van der Waals surface area contributed by atoms with Crippen molar-refractivity contribution in [1.29, 1.82) is 0 Å². The van der Waals surface area contributed by atoms with Gasteiger partial charge < -0.3 is 10.0 Å². The second-order valence-electron chi connectivity index (χ2n) is 3.94. The van der Waals surface area contributed by atoms with Crippen LogP contribution in [0.25, 0.3) is 0 Å². The lowest BCUT2D eigenvalue weighted by Gasteiger charge is -2.16. The van der Waals surface area contributed by atoms with Crippen LogP contribution in [0.5, 0.6) is 5.75 Å². The molecule has 18 heavy (non-hydrogen) atoms. The summed E-state index contributed by atoms with van der Waals surface area (Å²) in [5.41, 5.74) is 1.61. The molecular weight excluding hydrogens is 270 g/mol. The fourth-order valence-corrected chi connectivity index (χ4v) is 2.77. The summed E-state index contributed by atoms with van der Waals surface area (Å²) in [5.74, 6) is 0.0217. The molecule has 0 unspecified atom stereocenters. The highest BCUT2D eigenvalue weighted by Crippen LogP contribution is 2.29. The molecule has 1 aromatic carbocycles. The van der Waals surface area contributed by atoms with Crippen LogP contribution in [-0.4, -0.2) is 18.1 Å². The molecule has 0 saturated heterocycles. The topological polar surface area (TPSA) is 40.5 Å². The van der Waals surface area contributed by atoms with E-state index in [1.807, 2.05) is 12.3 Å². The standard InChI is InChI=1S/C13H12ClNO2S/c1-8-7-18-12(11(8)14)13(17)15(2)9-3-5-10(16)6-4-9/h3-7,16H,1-2H3. The summed E-state index contributed by atoms with van der Waals surface area (Å²) in [6, 6.07) is 6.45. The van der Waals surface area contributed by atoms with Gasteiger partial charge in [0.1, 0.15) is 10.6 Å². The van der Waals surface area contributed by atoms with Gasteiger partial charge in [0.15, 0.2) is 0 Å². The van der Waals surface area contributed by atoms with Crippen LogP contribution in [-0.2, 0) is 0 Å². The Balaban J connectivity index is 2.29. The maximum atomic E-state index is 12.3. The Morgan fingerprint density at radius 1 is 1.33 bits per heavy atom. The van der Waals surface area contributed by atoms with Crippen LogP contribution >= 0.6 is 22.9 Å². The Morgan fingerprint density at radius 3 is 2.44 bits per heavy atom. The van der Waals surface area contributed by atoms with E-state index < -0.39 is 0 Å². The molecule has 1 aromatic heterocycles. The number of carbonyl (C=O) groups excluding carboxylic acids is 1. The van der Waals surface area contributed by atoms with E-state index in [1.165, 1.54) is 16.2 Å². The zero-order valence-electron chi connectivity index (χ0n) is 9.98. The number of hydrogen-bond donors (Lipinski definition) is 1. The van der Waals surface area contributed by atoms with Crippen molar-refractivity contribution in [3.8, 4) is 5.75 Å². The summed E-state index contributed by atoms with van der Waals surface area (Å²) in [5, 5.41) is 11.6. The van der Waals surface area contributed by atoms with Crippen molar-refractivity contribution >= 4 is 34.5 Å². The van der Waals surface area contributed by atoms with Gasteiger partial charge in [-0.25, -0.2) is 0 Å². The predicted octanol–water partition coefficient (Wildman–Crippen LogP) is 3.69. The van der Waals surface area contributed by atoms with Gasteiger partial charge in [-0.15, -0.1) is 11.3 Å². The summed E-state index contributed by atoms with van der Waals surface area (Å²) < 4.78 is 0. The van der Waals surface area contributed by atoms with Crippen LogP contribution in [0.15, 0.2) is 29.6 Å². The number of thiophene rings is 1. The second kappa shape index (κ2) is 5.00. The molecule has 0 aliphatic heterocycles. The van der Waals surface area contributed by atoms with Crippen LogP contribution in [0.3, 0.4) is 0 Å². The zero-order chi connectivity index (χ0) is 13.3. The molecule has 0 atom stereocenters. The van der Waals surface area contributed by atoms with E-state index in [-0.39, 0.29) is 11.7 Å². The molecule has 0 radical (unpaired) electrons. The van der Waals surface area contributed by atoms with Crippen LogP contribution < -0.4 is 4.90 Å². The third-order valence-corrected chi connectivity index (χ3v) is 4.32. The summed E-state index contributed by atoms with van der Waals surface area (Å²) in [6.45, 7) is 1.87. The molecule has 0 bridgehead atoms. The van der Waals surface area contributed by atoms with Crippen LogP contribution in [0.2, 0.25) is 5.02 Å². The smallest absolute Gasteiger partial charge is 0.269 e. The Labute approximate surface area is 114 Å². The number of aromatic hydroxyl groups is 1. The van der Waals surface area contributed by atoms with Gasteiger partial charge in [-0.3, -0.25) is 4.79 Å². The monoisotopic (exact) mass is 281 g/mol. The van der Waals surface area contributed by atoms with E-state index in [0.717, 1.165) is 5.56 Å². The normalized spacial score (nSPS) is 10.4. The minimum atomic E-state index is -0.149. The number of benzene rings is 1. The molecule has 0 aliphatic carbocycles. The van der Waals surface area contributed by atoms with Gasteiger partial charge in [0.25, 0.3) is 5.91 Å². The number of hydrogen-bond acceptors (Lipinski definition) is 3. The molecule has 0 spiro atoms. The molecule has 2 aromatic rings. The van der Waals surface area contributed by atoms with E-state index in [4.69, 9.17) is 11.6 Å². The first kappa shape index (κ1) is 12.9. The first-order valence-electron chi connectivity index (χ1n) is 5.31. The first-order valence-corrected chi connectivity index (χ1v) is 6.57. The van der Waals surface area contributed by atoms with E-state index in [0.29, 0.717) is 15.6 Å². The fraction of sp³-hybridized carbons (Fsp3) is 0.154. The van der Waals surface area contributed by atoms with Gasteiger partial charge >= 0.3 is 0 Å². The summed E-state index contributed by atoms with van der Waals surface area (Å²) in [4.78, 5) is 14.3. The largest absolute Gasteiger partial charge is 0.508 e. The molecule has 3 nitrogen and oxygen atoms in total. The summed E-state index contributed by atoms with van der Waals surface area (Å²) in [6.07, 6.45) is 0. The maximum absolute atomic E-state index is 12.3. The van der Waals surface area contributed by atoms with E-state index in [1.54, 1.807) is 31.3 Å². The SMILES string of the molecule is Cc1csc(C(=O)N(C)c2ccc(O)cc2)c1Cl. The summed E-state index contributed by atoms with van der Waals surface area (Å²) >= 11 is 7.42. The van der Waals surface area contributed by atoms with Gasteiger partial charge in [0.2, 0.25) is 0 Å². The van der Waals surface area contributed by atoms with Crippen LogP contribution in [0, 0.1) is 6.92 Å². The molecule has 2 rings (SSSR count). The minimum Gasteiger partial charge on any atom is -0.508 e. The van der Waals surface area contributed by atoms with Gasteiger partial charge in [-0.2, -0.15) is 0 Å². The average Bonchev–Trinajstić information content (AvgIpc) is 2.69. The zero-order valence-corrected chi connectivity index (χ0v) is 11.5. The van der Waals surface area contributed by atoms with Crippen molar-refractivity contribution in [3.05, 3.63) is 45.1 Å². The van der Waals surface area contributed by atoms with E-state index >= 15 is 0 Å². The molecule has 0 fully saturated rings. The Bertz CT molecular complexity index is 577. The lowest BCUT2D eigenvalue weighted by molar-refractivity contribution is 0.0997.